The molecular formula is C29H52N4O6. The van der Waals surface area contributed by atoms with Crippen LogP contribution in [0.4, 0.5) is 0 Å². The Bertz CT molecular complexity index is 893. The van der Waals surface area contributed by atoms with E-state index in [9.17, 15) is 29.5 Å². The number of carbonyl (C=O) groups excluding carboxylic acids is 3. The summed E-state index contributed by atoms with van der Waals surface area (Å²) in [6, 6.07) is 2.11. The molecular weight excluding hydrogens is 500 g/mol. The van der Waals surface area contributed by atoms with Crippen LogP contribution in [-0.2, 0) is 19.2 Å². The van der Waals surface area contributed by atoms with Crippen LogP contribution in [0.3, 0.4) is 0 Å². The van der Waals surface area contributed by atoms with Crippen molar-refractivity contribution in [1.82, 2.24) is 16.0 Å². The van der Waals surface area contributed by atoms with Crippen LogP contribution < -0.4 is 16.0 Å². The molecule has 0 rings (SSSR count). The fourth-order valence-corrected chi connectivity index (χ4v) is 5.16. The minimum absolute atomic E-state index is 0.101. The predicted octanol–water partition coefficient (Wildman–Crippen LogP) is 3.24. The number of carboxylic acids is 1. The summed E-state index contributed by atoms with van der Waals surface area (Å²) < 4.78 is 0. The van der Waals surface area contributed by atoms with Crippen LogP contribution in [0, 0.1) is 45.3 Å². The first kappa shape index (κ1) is 36.3. The second-order valence-corrected chi connectivity index (χ2v) is 13.0. The molecule has 5 unspecified atom stereocenters. The van der Waals surface area contributed by atoms with Crippen molar-refractivity contribution in [3.63, 3.8) is 0 Å². The summed E-state index contributed by atoms with van der Waals surface area (Å²) in [4.78, 5) is 50.6. The lowest BCUT2D eigenvalue weighted by Crippen LogP contribution is -2.48. The number of nitriles is 1. The number of hydrogen-bond donors (Lipinski definition) is 5. The van der Waals surface area contributed by atoms with Crippen molar-refractivity contribution in [2.24, 2.45) is 34.0 Å². The number of nitrogens with one attached hydrogen (secondary N) is 3. The molecule has 224 valence electrons. The Morgan fingerprint density at radius 3 is 1.79 bits per heavy atom. The quantitative estimate of drug-likeness (QED) is 0.184. The van der Waals surface area contributed by atoms with Crippen molar-refractivity contribution >= 4 is 23.7 Å². The molecule has 5 N–H and O–H groups in total. The molecule has 0 aromatic rings. The Hall–Kier alpha value is -2.67. The van der Waals surface area contributed by atoms with Crippen molar-refractivity contribution < 1.29 is 29.4 Å². The molecule has 0 aliphatic rings. The van der Waals surface area contributed by atoms with E-state index in [-0.39, 0.29) is 49.6 Å². The monoisotopic (exact) mass is 552 g/mol. The Balaban J connectivity index is 6.28. The third-order valence-electron chi connectivity index (χ3n) is 7.59. The van der Waals surface area contributed by atoms with Crippen LogP contribution in [0.25, 0.3) is 0 Å². The Morgan fingerprint density at radius 2 is 1.36 bits per heavy atom. The van der Waals surface area contributed by atoms with E-state index in [0.29, 0.717) is 12.8 Å². The fraction of sp³-hybridized carbons (Fsp3) is 0.828. The zero-order valence-electron chi connectivity index (χ0n) is 25.6. The van der Waals surface area contributed by atoms with Gasteiger partial charge in [0.05, 0.1) is 17.6 Å². The average Bonchev–Trinajstić information content (AvgIpc) is 2.81. The van der Waals surface area contributed by atoms with E-state index in [0.717, 1.165) is 0 Å². The number of carbonyl (C=O) groups is 4. The number of aliphatic hydroxyl groups excluding tert-OH is 1. The summed E-state index contributed by atoms with van der Waals surface area (Å²) in [7, 11) is 1.52. The predicted molar refractivity (Wildman–Crippen MR) is 150 cm³/mol. The van der Waals surface area contributed by atoms with E-state index in [1.54, 1.807) is 20.8 Å². The van der Waals surface area contributed by atoms with Crippen molar-refractivity contribution in [2.75, 3.05) is 13.6 Å². The highest BCUT2D eigenvalue weighted by Crippen LogP contribution is 2.47. The zero-order valence-corrected chi connectivity index (χ0v) is 25.6. The highest BCUT2D eigenvalue weighted by atomic mass is 16.4. The van der Waals surface area contributed by atoms with Gasteiger partial charge in [0.1, 0.15) is 0 Å². The maximum atomic E-state index is 13.6. The molecule has 0 fully saturated rings. The number of nitrogens with zero attached hydrogens (tertiary/aromatic N) is 1. The van der Waals surface area contributed by atoms with Crippen molar-refractivity contribution in [3.05, 3.63) is 0 Å². The van der Waals surface area contributed by atoms with Crippen LogP contribution in [-0.4, -0.2) is 59.6 Å². The van der Waals surface area contributed by atoms with Gasteiger partial charge < -0.3 is 26.2 Å². The number of aliphatic hydroxyl groups is 1. The van der Waals surface area contributed by atoms with Crippen LogP contribution in [0.15, 0.2) is 0 Å². The molecule has 5 atom stereocenters. The Morgan fingerprint density at radius 1 is 0.846 bits per heavy atom. The molecule has 0 aliphatic heterocycles. The lowest BCUT2D eigenvalue weighted by molar-refractivity contribution is -0.138. The van der Waals surface area contributed by atoms with Gasteiger partial charge in [-0.2, -0.15) is 5.26 Å². The number of rotatable bonds is 17. The first-order valence-corrected chi connectivity index (χ1v) is 13.8. The van der Waals surface area contributed by atoms with Crippen LogP contribution in [0.2, 0.25) is 0 Å². The normalized spacial score (nSPS) is 16.7. The van der Waals surface area contributed by atoms with Crippen LogP contribution in [0.1, 0.15) is 94.4 Å². The average molecular weight is 553 g/mol. The van der Waals surface area contributed by atoms with Gasteiger partial charge in [-0.1, -0.05) is 34.6 Å². The molecule has 10 nitrogen and oxygen atoms in total. The maximum Gasteiger partial charge on any atom is 0.303 e. The SMILES string of the molecule is CNC(=O)C(CC(C)(C#N)CCC(=O)O)C(C)(C)CC(C(=O)NC(C)C)C(C)(C)CC(C)C(=O)NCC(C)O. The van der Waals surface area contributed by atoms with Gasteiger partial charge in [-0.3, -0.25) is 19.2 Å². The van der Waals surface area contributed by atoms with Crippen molar-refractivity contribution in [1.29, 1.82) is 5.26 Å². The summed E-state index contributed by atoms with van der Waals surface area (Å²) in [6.45, 7) is 16.6. The lowest BCUT2D eigenvalue weighted by Gasteiger charge is -2.43. The molecule has 0 saturated carbocycles. The van der Waals surface area contributed by atoms with Gasteiger partial charge in [0, 0.05) is 43.8 Å². The van der Waals surface area contributed by atoms with Gasteiger partial charge in [-0.15, -0.1) is 0 Å². The molecule has 0 bridgehead atoms. The van der Waals surface area contributed by atoms with Gasteiger partial charge >= 0.3 is 5.97 Å². The third kappa shape index (κ3) is 12.4. The van der Waals surface area contributed by atoms with E-state index in [1.807, 2.05) is 41.5 Å². The molecule has 0 aromatic heterocycles. The Labute approximate surface area is 234 Å². The summed E-state index contributed by atoms with van der Waals surface area (Å²) in [5.74, 6) is -3.33. The molecule has 0 aliphatic carbocycles. The second kappa shape index (κ2) is 15.2. The molecule has 0 heterocycles. The lowest BCUT2D eigenvalue weighted by atomic mass is 9.61. The number of carboxylic acid groups (broad SMARTS) is 1. The van der Waals surface area contributed by atoms with Crippen molar-refractivity contribution in [3.8, 4) is 6.07 Å². The fourth-order valence-electron chi connectivity index (χ4n) is 5.16. The molecule has 0 spiro atoms. The van der Waals surface area contributed by atoms with E-state index in [1.165, 1.54) is 7.05 Å². The van der Waals surface area contributed by atoms with Gasteiger partial charge in [0.2, 0.25) is 17.7 Å². The highest BCUT2D eigenvalue weighted by molar-refractivity contribution is 5.82. The maximum absolute atomic E-state index is 13.6. The van der Waals surface area contributed by atoms with E-state index >= 15 is 0 Å². The summed E-state index contributed by atoms with van der Waals surface area (Å²) in [6.07, 6.45) is 0.0798. The van der Waals surface area contributed by atoms with Gasteiger partial charge in [-0.25, -0.2) is 0 Å². The van der Waals surface area contributed by atoms with Crippen molar-refractivity contribution in [2.45, 2.75) is 107 Å². The highest BCUT2D eigenvalue weighted by Gasteiger charge is 2.46. The van der Waals surface area contributed by atoms with E-state index in [4.69, 9.17) is 5.11 Å². The first-order chi connectivity index (χ1) is 17.7. The Kier molecular flexibility index (Phi) is 14.2. The standard InChI is InChI=1S/C29H52N4O6/c1-18(2)33-26(39)21(27(5,6)13-19(3)24(37)32-16-20(4)34)14-28(7,8)22(25(38)31-10)15-29(9,17-30)12-11-23(35)36/h18-22,34H,11-16H2,1-10H3,(H,31,38)(H,32,37)(H,33,39)(H,35,36). The topological polar surface area (TPSA) is 169 Å². The van der Waals surface area contributed by atoms with E-state index < -0.39 is 46.1 Å². The second-order valence-electron chi connectivity index (χ2n) is 13.0. The summed E-state index contributed by atoms with van der Waals surface area (Å²) in [5.41, 5.74) is -2.45. The molecule has 0 radical (unpaired) electrons. The number of hydrogen-bond acceptors (Lipinski definition) is 6. The number of amides is 3. The van der Waals surface area contributed by atoms with Gasteiger partial charge in [0.15, 0.2) is 0 Å². The molecule has 0 saturated heterocycles. The zero-order chi connectivity index (χ0) is 30.8. The first-order valence-electron chi connectivity index (χ1n) is 13.8. The number of aliphatic carboxylic acids is 1. The van der Waals surface area contributed by atoms with Gasteiger partial charge in [-0.05, 0) is 64.2 Å². The summed E-state index contributed by atoms with van der Waals surface area (Å²) in [5, 5.41) is 37.0. The van der Waals surface area contributed by atoms with Crippen LogP contribution >= 0.6 is 0 Å². The van der Waals surface area contributed by atoms with Crippen LogP contribution in [0.5, 0.6) is 0 Å². The molecule has 10 heteroatoms. The summed E-state index contributed by atoms with van der Waals surface area (Å²) >= 11 is 0. The molecule has 0 aromatic carbocycles. The minimum Gasteiger partial charge on any atom is -0.481 e. The van der Waals surface area contributed by atoms with Gasteiger partial charge in [0.25, 0.3) is 0 Å². The third-order valence-corrected chi connectivity index (χ3v) is 7.59. The molecule has 39 heavy (non-hydrogen) atoms. The van der Waals surface area contributed by atoms with E-state index in [2.05, 4.69) is 22.0 Å². The minimum atomic E-state index is -1.05. The smallest absolute Gasteiger partial charge is 0.303 e. The largest absolute Gasteiger partial charge is 0.481 e. The molecule has 3 amide bonds.